The van der Waals surface area contributed by atoms with Crippen LogP contribution in [-0.4, -0.2) is 0 Å². The minimum Gasteiger partial charge on any atom is -0.310 e. The molecule has 0 aliphatic carbocycles. The van der Waals surface area contributed by atoms with Crippen LogP contribution >= 0.6 is 22.7 Å². The molecule has 20 aromatic rings. The Balaban J connectivity index is 0.000000139. The summed E-state index contributed by atoms with van der Waals surface area (Å²) in [6.45, 7) is 0. The van der Waals surface area contributed by atoms with Gasteiger partial charge in [-0.25, -0.2) is 0 Å². The van der Waals surface area contributed by atoms with Crippen molar-refractivity contribution in [3.8, 4) is 44.5 Å². The molecule has 0 unspecified atom stereocenters. The fraction of sp³-hybridized carbons (Fsp3) is 0. The molecule has 0 spiro atoms. The summed E-state index contributed by atoms with van der Waals surface area (Å²) in [5.41, 5.74) is 16.5. The maximum atomic E-state index is 2.40. The van der Waals surface area contributed by atoms with Gasteiger partial charge in [-0.3, -0.25) is 0 Å². The Morgan fingerprint density at radius 1 is 0.160 bits per heavy atom. The van der Waals surface area contributed by atoms with Gasteiger partial charge in [0, 0.05) is 74.5 Å². The Hall–Kier alpha value is -12.4. The van der Waals surface area contributed by atoms with E-state index in [1.54, 1.807) is 0 Å². The van der Waals surface area contributed by atoms with Gasteiger partial charge in [0.05, 0.1) is 0 Å². The van der Waals surface area contributed by atoms with Crippen molar-refractivity contribution in [2.75, 3.05) is 9.80 Å². The number of thiophene rings is 2. The normalized spacial score (nSPS) is 11.6. The SMILES string of the molecule is c1ccc(-c2ccc(N(c3ccc(-c4cc5ccccc5c5ccccc45)cc3)c3ccc4sc5c6ccccc6ccc5c4c3)cc2)cc1.c1ccc(-c2cccc(N(c3ccc(-c4ccc5c(ccc6ccccc65)c4)cc3)c3ccc4sc5c6ccccc6ccc5c4c3)c2)cc1. The molecule has 0 atom stereocenters. The fourth-order valence-electron chi connectivity index (χ4n) is 15.1. The smallest absolute Gasteiger partial charge is 0.0468 e. The van der Waals surface area contributed by atoms with Gasteiger partial charge in [0.15, 0.2) is 0 Å². The third-order valence-electron chi connectivity index (χ3n) is 20.1. The van der Waals surface area contributed by atoms with Crippen molar-refractivity contribution in [2.24, 2.45) is 0 Å². The van der Waals surface area contributed by atoms with Gasteiger partial charge >= 0.3 is 0 Å². The lowest BCUT2D eigenvalue weighted by Crippen LogP contribution is -2.10. The van der Waals surface area contributed by atoms with Crippen molar-refractivity contribution < 1.29 is 0 Å². The molecule has 0 amide bonds. The summed E-state index contributed by atoms with van der Waals surface area (Å²) in [6, 6.07) is 137. The topological polar surface area (TPSA) is 6.48 Å². The van der Waals surface area contributed by atoms with Crippen molar-refractivity contribution in [3.63, 3.8) is 0 Å². The molecule has 0 radical (unpaired) electrons. The second-order valence-corrected chi connectivity index (χ2v) is 28.0. The summed E-state index contributed by atoms with van der Waals surface area (Å²) in [5, 5.41) is 20.6. The average molecular weight is 1310 g/mol. The summed E-state index contributed by atoms with van der Waals surface area (Å²) in [6.07, 6.45) is 0. The highest BCUT2D eigenvalue weighted by atomic mass is 32.1. The van der Waals surface area contributed by atoms with E-state index in [2.05, 4.69) is 386 Å². The first kappa shape index (κ1) is 58.9. The minimum absolute atomic E-state index is 1.12. The van der Waals surface area contributed by atoms with E-state index in [0.29, 0.717) is 0 Å². The van der Waals surface area contributed by atoms with E-state index in [0.717, 1.165) is 34.1 Å². The van der Waals surface area contributed by atoms with Gasteiger partial charge in [0.25, 0.3) is 0 Å². The van der Waals surface area contributed by atoms with E-state index in [-0.39, 0.29) is 0 Å². The van der Waals surface area contributed by atoms with E-state index in [1.807, 2.05) is 22.7 Å². The van der Waals surface area contributed by atoms with Crippen LogP contribution in [0.2, 0.25) is 0 Å². The summed E-state index contributed by atoms with van der Waals surface area (Å²) in [4.78, 5) is 4.79. The summed E-state index contributed by atoms with van der Waals surface area (Å²) in [7, 11) is 0. The second kappa shape index (κ2) is 24.9. The van der Waals surface area contributed by atoms with Gasteiger partial charge in [0.1, 0.15) is 0 Å². The Morgan fingerprint density at radius 3 is 1.07 bits per heavy atom. The number of anilines is 6. The molecule has 2 nitrogen and oxygen atoms in total. The molecule has 0 saturated carbocycles. The fourth-order valence-corrected chi connectivity index (χ4v) is 17.6. The van der Waals surface area contributed by atoms with Crippen molar-refractivity contribution >= 4 is 162 Å². The first-order valence-electron chi connectivity index (χ1n) is 34.2. The lowest BCUT2D eigenvalue weighted by Gasteiger charge is -2.26. The van der Waals surface area contributed by atoms with Crippen LogP contribution < -0.4 is 9.80 Å². The maximum Gasteiger partial charge on any atom is 0.0468 e. The number of benzene rings is 18. The van der Waals surface area contributed by atoms with Crippen LogP contribution in [0.1, 0.15) is 0 Å². The molecule has 2 heterocycles. The molecule has 0 fully saturated rings. The summed E-state index contributed by atoms with van der Waals surface area (Å²) in [5.74, 6) is 0. The van der Waals surface area contributed by atoms with Crippen molar-refractivity contribution in [3.05, 3.63) is 376 Å². The second-order valence-electron chi connectivity index (χ2n) is 25.9. The Bertz CT molecular complexity index is 6510. The summed E-state index contributed by atoms with van der Waals surface area (Å²) >= 11 is 3.77. The zero-order valence-corrected chi connectivity index (χ0v) is 56.1. The third kappa shape index (κ3) is 10.6. The Labute approximate surface area is 588 Å². The predicted molar refractivity (Wildman–Crippen MR) is 435 cm³/mol. The zero-order chi connectivity index (χ0) is 66.0. The number of hydrogen-bond acceptors (Lipinski definition) is 4. The average Bonchev–Trinajstić information content (AvgIpc) is 1.42. The number of nitrogens with zero attached hydrogens (tertiary/aromatic N) is 2. The van der Waals surface area contributed by atoms with Crippen LogP contribution in [0.25, 0.3) is 149 Å². The van der Waals surface area contributed by atoms with Crippen molar-refractivity contribution in [1.29, 1.82) is 0 Å². The molecule has 0 bridgehead atoms. The molecule has 2 aromatic heterocycles. The van der Waals surface area contributed by atoms with Gasteiger partial charge in [-0.1, -0.05) is 279 Å². The molecule has 0 aliphatic rings. The van der Waals surface area contributed by atoms with Gasteiger partial charge in [-0.15, -0.1) is 22.7 Å². The number of fused-ring (bicyclic) bond motifs is 16. The highest BCUT2D eigenvalue weighted by Crippen LogP contribution is 2.47. The maximum absolute atomic E-state index is 2.40. The van der Waals surface area contributed by atoms with Crippen LogP contribution in [0.5, 0.6) is 0 Å². The molecule has 0 aliphatic heterocycles. The van der Waals surface area contributed by atoms with Crippen LogP contribution in [0.4, 0.5) is 34.1 Å². The molecule has 0 saturated heterocycles. The van der Waals surface area contributed by atoms with Crippen LogP contribution in [0.15, 0.2) is 376 Å². The van der Waals surface area contributed by atoms with Crippen LogP contribution in [0, 0.1) is 0 Å². The zero-order valence-electron chi connectivity index (χ0n) is 54.5. The van der Waals surface area contributed by atoms with E-state index in [1.165, 1.54) is 149 Å². The first-order chi connectivity index (χ1) is 49.5. The molecule has 100 heavy (non-hydrogen) atoms. The molecular formula is C96H62N2S2. The molecular weight excluding hydrogens is 1250 g/mol. The van der Waals surface area contributed by atoms with E-state index in [9.17, 15) is 0 Å². The van der Waals surface area contributed by atoms with Crippen LogP contribution in [0.3, 0.4) is 0 Å². The van der Waals surface area contributed by atoms with Gasteiger partial charge < -0.3 is 9.80 Å². The first-order valence-corrected chi connectivity index (χ1v) is 35.8. The third-order valence-corrected chi connectivity index (χ3v) is 22.5. The van der Waals surface area contributed by atoms with E-state index in [4.69, 9.17) is 0 Å². The number of rotatable bonds is 10. The van der Waals surface area contributed by atoms with Gasteiger partial charge in [-0.2, -0.15) is 0 Å². The lowest BCUT2D eigenvalue weighted by atomic mass is 9.93. The molecule has 20 rings (SSSR count). The molecule has 0 N–H and O–H groups in total. The Kier molecular flexibility index (Phi) is 14.7. The molecule has 4 heteroatoms. The largest absolute Gasteiger partial charge is 0.310 e. The van der Waals surface area contributed by atoms with Crippen molar-refractivity contribution in [2.45, 2.75) is 0 Å². The monoisotopic (exact) mass is 1310 g/mol. The Morgan fingerprint density at radius 2 is 0.500 bits per heavy atom. The minimum atomic E-state index is 1.12. The van der Waals surface area contributed by atoms with Crippen molar-refractivity contribution in [1.82, 2.24) is 0 Å². The van der Waals surface area contributed by atoms with Gasteiger partial charge in [0.2, 0.25) is 0 Å². The predicted octanol–water partition coefficient (Wildman–Crippen LogP) is 28.6. The van der Waals surface area contributed by atoms with Gasteiger partial charge in [-0.05, 0) is 206 Å². The van der Waals surface area contributed by atoms with E-state index < -0.39 is 0 Å². The molecule has 18 aromatic carbocycles. The quantitative estimate of drug-likeness (QED) is 0.126. The standard InChI is InChI=1S/2C48H31NS/c1-2-10-32(11-3-1)33-18-23-37(24-19-33)49(39-27-29-47-46(31-39)44-28-22-34-12-4-7-15-41(34)48(44)50-47)38-25-20-35(21-26-38)45-30-36-13-5-6-14-40(36)42-16-8-9-17-43(42)45;1-2-9-32(10-3-1)36-13-8-14-40(30-36)49(41-25-28-47-46(31-41)45-27-21-35-12-5-7-16-44(35)48(45)50-47)39-23-19-33(20-24-39)37-22-26-43-38(29-37)18-17-34-11-4-6-15-42(34)43/h2*1-31H. The highest BCUT2D eigenvalue weighted by molar-refractivity contribution is 7.27. The number of hydrogen-bond donors (Lipinski definition) is 0. The van der Waals surface area contributed by atoms with Crippen LogP contribution in [-0.2, 0) is 0 Å². The van der Waals surface area contributed by atoms with E-state index >= 15 is 0 Å². The molecule has 468 valence electrons. The highest BCUT2D eigenvalue weighted by Gasteiger charge is 2.20. The summed E-state index contributed by atoms with van der Waals surface area (Å²) < 4.78 is 5.30. The lowest BCUT2D eigenvalue weighted by molar-refractivity contribution is 1.29.